The molecular weight excluding hydrogens is 388 g/mol. The van der Waals surface area contributed by atoms with Crippen molar-refractivity contribution in [2.45, 2.75) is 119 Å². The van der Waals surface area contributed by atoms with Crippen LogP contribution in [0.15, 0.2) is 0 Å². The highest BCUT2D eigenvalue weighted by Crippen LogP contribution is 2.59. The quantitative estimate of drug-likeness (QED) is 0.292. The van der Waals surface area contributed by atoms with Crippen molar-refractivity contribution in [1.82, 2.24) is 0 Å². The maximum absolute atomic E-state index is 12.8. The monoisotopic (exact) mass is 438 g/mol. The van der Waals surface area contributed by atoms with Crippen molar-refractivity contribution >= 4 is 11.9 Å². The minimum Gasteiger partial charge on any atom is -0.481 e. The van der Waals surface area contributed by atoms with Gasteiger partial charge in [0.2, 0.25) is 0 Å². The Balaban J connectivity index is 2.92. The van der Waals surface area contributed by atoms with Gasteiger partial charge in [0, 0.05) is 0 Å². The van der Waals surface area contributed by atoms with Crippen LogP contribution in [0.5, 0.6) is 0 Å². The van der Waals surface area contributed by atoms with Crippen molar-refractivity contribution in [3.8, 4) is 0 Å². The first-order valence-corrected chi connectivity index (χ1v) is 12.8. The number of hydrogen-bond donors (Lipinski definition) is 2. The Morgan fingerprint density at radius 3 is 1.77 bits per heavy atom. The van der Waals surface area contributed by atoms with Gasteiger partial charge in [-0.25, -0.2) is 0 Å². The van der Waals surface area contributed by atoms with E-state index in [-0.39, 0.29) is 11.8 Å². The molecule has 0 aliphatic heterocycles. The second kappa shape index (κ2) is 12.3. The van der Waals surface area contributed by atoms with Crippen LogP contribution in [0.1, 0.15) is 119 Å². The number of carbonyl (C=O) groups is 2. The van der Waals surface area contributed by atoms with Gasteiger partial charge in [0.25, 0.3) is 0 Å². The number of carboxylic acid groups (broad SMARTS) is 2. The maximum atomic E-state index is 12.8. The minimum atomic E-state index is -1.16. The fourth-order valence-corrected chi connectivity index (χ4v) is 6.25. The zero-order chi connectivity index (χ0) is 23.8. The third-order valence-corrected chi connectivity index (χ3v) is 7.65. The molecule has 0 radical (unpaired) electrons. The highest BCUT2D eigenvalue weighted by Gasteiger charge is 2.63. The van der Waals surface area contributed by atoms with Crippen LogP contribution in [0.4, 0.5) is 0 Å². The summed E-state index contributed by atoms with van der Waals surface area (Å²) in [7, 11) is 0. The number of hydrogen-bond acceptors (Lipinski definition) is 2. The third kappa shape index (κ3) is 7.49. The molecule has 4 atom stereocenters. The molecule has 1 aliphatic carbocycles. The Labute approximate surface area is 191 Å². The van der Waals surface area contributed by atoms with E-state index in [2.05, 4.69) is 20.8 Å². The lowest BCUT2D eigenvalue weighted by atomic mass is 9.49. The maximum Gasteiger partial charge on any atom is 0.310 e. The van der Waals surface area contributed by atoms with Crippen LogP contribution in [0.3, 0.4) is 0 Å². The van der Waals surface area contributed by atoms with Crippen LogP contribution >= 0.6 is 0 Å². The summed E-state index contributed by atoms with van der Waals surface area (Å²) in [5, 5.41) is 20.8. The summed E-state index contributed by atoms with van der Waals surface area (Å²) >= 11 is 0. The SMILES string of the molecule is CC(C)CCCC(C)CCCC1CCC(CC(C)C)(C(=O)O)C(CC(C)C)(C(=O)O)C1. The molecule has 182 valence electrons. The van der Waals surface area contributed by atoms with E-state index in [0.717, 1.165) is 25.2 Å². The highest BCUT2D eigenvalue weighted by atomic mass is 16.4. The fourth-order valence-electron chi connectivity index (χ4n) is 6.25. The molecule has 0 spiro atoms. The highest BCUT2D eigenvalue weighted by molar-refractivity contribution is 5.87. The molecule has 0 bridgehead atoms. The summed E-state index contributed by atoms with van der Waals surface area (Å²) in [5.41, 5.74) is -2.32. The molecule has 0 aromatic rings. The Bertz CT molecular complexity index is 568. The van der Waals surface area contributed by atoms with E-state index in [9.17, 15) is 19.8 Å². The first-order chi connectivity index (χ1) is 14.4. The van der Waals surface area contributed by atoms with E-state index < -0.39 is 22.8 Å². The molecule has 0 heterocycles. The fraction of sp³-hybridized carbons (Fsp3) is 0.926. The molecule has 31 heavy (non-hydrogen) atoms. The zero-order valence-electron chi connectivity index (χ0n) is 21.4. The average molecular weight is 439 g/mol. The number of rotatable bonds is 14. The average Bonchev–Trinajstić information content (AvgIpc) is 2.62. The van der Waals surface area contributed by atoms with Crippen LogP contribution in [0.2, 0.25) is 0 Å². The van der Waals surface area contributed by atoms with Crippen LogP contribution in [-0.4, -0.2) is 22.2 Å². The summed E-state index contributed by atoms with van der Waals surface area (Å²) in [4.78, 5) is 25.4. The summed E-state index contributed by atoms with van der Waals surface area (Å²) < 4.78 is 0. The second-order valence-electron chi connectivity index (χ2n) is 11.9. The topological polar surface area (TPSA) is 74.6 Å². The molecule has 2 N–H and O–H groups in total. The molecule has 1 aliphatic rings. The van der Waals surface area contributed by atoms with E-state index in [1.54, 1.807) is 0 Å². The lowest BCUT2D eigenvalue weighted by Gasteiger charge is -2.52. The first kappa shape index (κ1) is 28.0. The normalized spacial score (nSPS) is 27.7. The molecular formula is C27H50O4. The molecule has 4 nitrogen and oxygen atoms in total. The number of carboxylic acids is 2. The summed E-state index contributed by atoms with van der Waals surface area (Å²) in [6.07, 6.45) is 9.92. The molecule has 4 heteroatoms. The van der Waals surface area contributed by atoms with Crippen molar-refractivity contribution in [1.29, 1.82) is 0 Å². The van der Waals surface area contributed by atoms with Gasteiger partial charge in [0.15, 0.2) is 0 Å². The van der Waals surface area contributed by atoms with Gasteiger partial charge in [-0.2, -0.15) is 0 Å². The lowest BCUT2D eigenvalue weighted by Crippen LogP contribution is -2.57. The largest absolute Gasteiger partial charge is 0.481 e. The first-order valence-electron chi connectivity index (χ1n) is 12.8. The van der Waals surface area contributed by atoms with Crippen molar-refractivity contribution in [2.24, 2.45) is 40.4 Å². The molecule has 0 aromatic heterocycles. The van der Waals surface area contributed by atoms with Crippen molar-refractivity contribution in [2.75, 3.05) is 0 Å². The molecule has 1 rings (SSSR count). The summed E-state index contributed by atoms with van der Waals surface area (Å²) in [6, 6.07) is 0. The van der Waals surface area contributed by atoms with Gasteiger partial charge in [0.05, 0.1) is 10.8 Å². The standard InChI is InChI=1S/C27H50O4/c1-19(2)10-8-11-22(7)12-9-13-23-14-15-26(24(28)29,16-20(3)4)27(18-23,25(30)31)17-21(5)6/h19-23H,8-18H2,1-7H3,(H,28,29)(H,30,31). The van der Waals surface area contributed by atoms with E-state index >= 15 is 0 Å². The molecule has 0 aromatic carbocycles. The molecule has 0 amide bonds. The summed E-state index contributed by atoms with van der Waals surface area (Å²) in [5.74, 6) is 0.308. The zero-order valence-corrected chi connectivity index (χ0v) is 21.4. The second-order valence-corrected chi connectivity index (χ2v) is 11.9. The van der Waals surface area contributed by atoms with Gasteiger partial charge >= 0.3 is 11.9 Å². The van der Waals surface area contributed by atoms with Gasteiger partial charge in [0.1, 0.15) is 0 Å². The van der Waals surface area contributed by atoms with Crippen molar-refractivity contribution in [3.05, 3.63) is 0 Å². The van der Waals surface area contributed by atoms with Crippen molar-refractivity contribution < 1.29 is 19.8 Å². The predicted molar refractivity (Wildman–Crippen MR) is 128 cm³/mol. The van der Waals surface area contributed by atoms with E-state index in [4.69, 9.17) is 0 Å². The van der Waals surface area contributed by atoms with E-state index in [1.807, 2.05) is 27.7 Å². The van der Waals surface area contributed by atoms with Crippen LogP contribution in [-0.2, 0) is 9.59 Å². The van der Waals surface area contributed by atoms with Crippen molar-refractivity contribution in [3.63, 3.8) is 0 Å². The Morgan fingerprint density at radius 1 is 0.774 bits per heavy atom. The Kier molecular flexibility index (Phi) is 11.1. The van der Waals surface area contributed by atoms with Gasteiger partial charge in [-0.1, -0.05) is 87.0 Å². The smallest absolute Gasteiger partial charge is 0.310 e. The third-order valence-electron chi connectivity index (χ3n) is 7.65. The van der Waals surface area contributed by atoms with Gasteiger partial charge in [-0.15, -0.1) is 0 Å². The summed E-state index contributed by atoms with van der Waals surface area (Å²) in [6.45, 7) is 15.0. The van der Waals surface area contributed by atoms with Crippen LogP contribution in [0.25, 0.3) is 0 Å². The predicted octanol–water partition coefficient (Wildman–Crippen LogP) is 7.65. The van der Waals surface area contributed by atoms with Gasteiger partial charge in [-0.3, -0.25) is 9.59 Å². The molecule has 4 unspecified atom stereocenters. The van der Waals surface area contributed by atoms with E-state index in [1.165, 1.54) is 25.7 Å². The Hall–Kier alpha value is -1.06. The number of aliphatic carboxylic acids is 2. The van der Waals surface area contributed by atoms with Gasteiger partial charge < -0.3 is 10.2 Å². The van der Waals surface area contributed by atoms with Crippen LogP contribution in [0, 0.1) is 40.4 Å². The van der Waals surface area contributed by atoms with E-state index in [0.29, 0.717) is 37.5 Å². The van der Waals surface area contributed by atoms with Crippen LogP contribution < -0.4 is 0 Å². The minimum absolute atomic E-state index is 0.154. The lowest BCUT2D eigenvalue weighted by molar-refractivity contribution is -0.187. The molecule has 1 saturated carbocycles. The van der Waals surface area contributed by atoms with Gasteiger partial charge in [-0.05, 0) is 61.7 Å². The molecule has 0 saturated heterocycles. The molecule has 1 fully saturated rings. The Morgan fingerprint density at radius 2 is 1.29 bits per heavy atom.